The highest BCUT2D eigenvalue weighted by Gasteiger charge is 2.30. The van der Waals surface area contributed by atoms with Crippen molar-refractivity contribution >= 4 is 24.0 Å². The van der Waals surface area contributed by atoms with E-state index in [1.807, 2.05) is 54.6 Å². The molecular weight excluding hydrogens is 362 g/mol. The van der Waals surface area contributed by atoms with Crippen LogP contribution in [0.1, 0.15) is 37.1 Å². The van der Waals surface area contributed by atoms with Crippen LogP contribution >= 0.6 is 12.4 Å². The number of carbonyl (C=O) groups is 1. The maximum absolute atomic E-state index is 12.7. The first kappa shape index (κ1) is 19.1. The number of benzene rings is 2. The molecule has 1 unspecified atom stereocenters. The molecular formula is C20H22ClN5O. The van der Waals surface area contributed by atoms with Crippen LogP contribution < -0.4 is 11.1 Å². The van der Waals surface area contributed by atoms with Crippen molar-refractivity contribution in [3.05, 3.63) is 66.0 Å². The summed E-state index contributed by atoms with van der Waals surface area (Å²) in [5.41, 5.74) is 7.43. The van der Waals surface area contributed by atoms with Crippen molar-refractivity contribution in [2.45, 2.75) is 31.2 Å². The van der Waals surface area contributed by atoms with Gasteiger partial charge in [0, 0.05) is 17.2 Å². The van der Waals surface area contributed by atoms with E-state index in [-0.39, 0.29) is 18.3 Å². The maximum atomic E-state index is 12.7. The molecule has 1 saturated carbocycles. The summed E-state index contributed by atoms with van der Waals surface area (Å²) in [5.74, 6) is 1.83. The highest BCUT2D eigenvalue weighted by Crippen LogP contribution is 2.38. The number of rotatable bonds is 5. The van der Waals surface area contributed by atoms with Crippen LogP contribution in [0.15, 0.2) is 54.6 Å². The summed E-state index contributed by atoms with van der Waals surface area (Å²) in [7, 11) is 0. The fraction of sp³-hybridized carbons (Fsp3) is 0.250. The van der Waals surface area contributed by atoms with Crippen molar-refractivity contribution in [3.8, 4) is 11.4 Å². The molecule has 0 spiro atoms. The Balaban J connectivity index is 0.00000210. The first-order valence-corrected chi connectivity index (χ1v) is 8.72. The molecule has 1 aliphatic carbocycles. The topological polar surface area (TPSA) is 96.7 Å². The van der Waals surface area contributed by atoms with Gasteiger partial charge in [-0.05, 0) is 37.5 Å². The number of aromatic amines is 1. The predicted octanol–water partition coefficient (Wildman–Crippen LogP) is 3.58. The first-order chi connectivity index (χ1) is 12.5. The third-order valence-corrected chi connectivity index (χ3v) is 4.69. The monoisotopic (exact) mass is 383 g/mol. The van der Waals surface area contributed by atoms with Crippen LogP contribution in [0.3, 0.4) is 0 Å². The molecule has 2 aromatic carbocycles. The van der Waals surface area contributed by atoms with Gasteiger partial charge in [0.25, 0.3) is 0 Å². The average molecular weight is 384 g/mol. The number of amides is 1. The molecule has 1 aromatic heterocycles. The Hall–Kier alpha value is -2.70. The fourth-order valence-electron chi connectivity index (χ4n) is 2.86. The molecule has 3 aromatic rings. The summed E-state index contributed by atoms with van der Waals surface area (Å²) < 4.78 is 0. The third-order valence-electron chi connectivity index (χ3n) is 4.69. The molecule has 1 aliphatic rings. The zero-order valence-electron chi connectivity index (χ0n) is 15.0. The van der Waals surface area contributed by atoms with E-state index in [0.29, 0.717) is 17.4 Å². The van der Waals surface area contributed by atoms with Crippen molar-refractivity contribution in [1.29, 1.82) is 0 Å². The minimum absolute atomic E-state index is 0. The largest absolute Gasteiger partial charge is 0.324 e. The number of hydrogen-bond acceptors (Lipinski definition) is 4. The van der Waals surface area contributed by atoms with Gasteiger partial charge in [-0.3, -0.25) is 9.89 Å². The number of nitrogens with two attached hydrogens (primary N) is 1. The Labute approximate surface area is 164 Å². The molecule has 4 N–H and O–H groups in total. The standard InChI is InChI=1S/C20H21N5O.ClH/c1-20(21,15-7-3-2-4-8-15)19(26)22-16-9-5-6-14(12-16)18-23-17(24-25-18)13-10-11-13;/h2-9,12-13H,10-11,21H2,1H3,(H,22,26)(H,23,24,25);1H. The van der Waals surface area contributed by atoms with Gasteiger partial charge >= 0.3 is 0 Å². The van der Waals surface area contributed by atoms with E-state index in [0.717, 1.165) is 17.0 Å². The van der Waals surface area contributed by atoms with E-state index in [4.69, 9.17) is 5.73 Å². The van der Waals surface area contributed by atoms with Crippen LogP contribution in [0.25, 0.3) is 11.4 Å². The molecule has 1 atom stereocenters. The first-order valence-electron chi connectivity index (χ1n) is 8.72. The molecule has 0 radical (unpaired) electrons. The second-order valence-electron chi connectivity index (χ2n) is 6.92. The van der Waals surface area contributed by atoms with Crippen LogP contribution in [-0.2, 0) is 10.3 Å². The van der Waals surface area contributed by atoms with Crippen molar-refractivity contribution in [3.63, 3.8) is 0 Å². The van der Waals surface area contributed by atoms with Crippen LogP contribution in [-0.4, -0.2) is 21.1 Å². The lowest BCUT2D eigenvalue weighted by molar-refractivity contribution is -0.120. The van der Waals surface area contributed by atoms with Gasteiger partial charge in [0.2, 0.25) is 5.91 Å². The highest BCUT2D eigenvalue weighted by molar-refractivity contribution is 5.98. The van der Waals surface area contributed by atoms with E-state index in [1.165, 1.54) is 12.8 Å². The molecule has 0 aliphatic heterocycles. The molecule has 1 heterocycles. The number of carbonyl (C=O) groups excluding carboxylic acids is 1. The Morgan fingerprint density at radius 1 is 1.19 bits per heavy atom. The Bertz CT molecular complexity index is 934. The predicted molar refractivity (Wildman–Crippen MR) is 108 cm³/mol. The Morgan fingerprint density at radius 3 is 2.63 bits per heavy atom. The normalized spacial score (nSPS) is 15.5. The number of anilines is 1. The van der Waals surface area contributed by atoms with E-state index in [9.17, 15) is 4.79 Å². The van der Waals surface area contributed by atoms with Gasteiger partial charge in [-0.25, -0.2) is 4.98 Å². The lowest BCUT2D eigenvalue weighted by Crippen LogP contribution is -2.45. The van der Waals surface area contributed by atoms with Gasteiger partial charge in [-0.15, -0.1) is 12.4 Å². The molecule has 6 nitrogen and oxygen atoms in total. The summed E-state index contributed by atoms with van der Waals surface area (Å²) in [5, 5.41) is 10.2. The Kier molecular flexibility index (Phi) is 5.30. The lowest BCUT2D eigenvalue weighted by atomic mass is 9.92. The van der Waals surface area contributed by atoms with Gasteiger partial charge in [-0.2, -0.15) is 5.10 Å². The van der Waals surface area contributed by atoms with Gasteiger partial charge in [0.05, 0.1) is 0 Å². The third kappa shape index (κ3) is 4.02. The second kappa shape index (κ2) is 7.50. The molecule has 27 heavy (non-hydrogen) atoms. The zero-order chi connectivity index (χ0) is 18.1. The number of nitrogens with zero attached hydrogens (tertiary/aromatic N) is 2. The minimum atomic E-state index is -1.12. The maximum Gasteiger partial charge on any atom is 0.248 e. The molecule has 7 heteroatoms. The molecule has 4 rings (SSSR count). The van der Waals surface area contributed by atoms with Crippen LogP contribution in [0.4, 0.5) is 5.69 Å². The minimum Gasteiger partial charge on any atom is -0.324 e. The molecule has 0 saturated heterocycles. The number of nitrogens with one attached hydrogen (secondary N) is 2. The number of halogens is 1. The van der Waals surface area contributed by atoms with Gasteiger partial charge in [0.15, 0.2) is 5.82 Å². The summed E-state index contributed by atoms with van der Waals surface area (Å²) in [6, 6.07) is 16.8. The van der Waals surface area contributed by atoms with E-state index >= 15 is 0 Å². The van der Waals surface area contributed by atoms with E-state index in [1.54, 1.807) is 6.92 Å². The van der Waals surface area contributed by atoms with Crippen molar-refractivity contribution in [2.24, 2.45) is 5.73 Å². The molecule has 0 bridgehead atoms. The van der Waals surface area contributed by atoms with Crippen molar-refractivity contribution < 1.29 is 4.79 Å². The lowest BCUT2D eigenvalue weighted by Gasteiger charge is -2.24. The van der Waals surface area contributed by atoms with Crippen molar-refractivity contribution in [2.75, 3.05) is 5.32 Å². The average Bonchev–Trinajstić information content (AvgIpc) is 3.39. The summed E-state index contributed by atoms with van der Waals surface area (Å²) in [6.07, 6.45) is 2.33. The number of hydrogen-bond donors (Lipinski definition) is 3. The summed E-state index contributed by atoms with van der Waals surface area (Å²) >= 11 is 0. The molecule has 1 fully saturated rings. The number of H-pyrrole nitrogens is 1. The van der Waals surface area contributed by atoms with Crippen molar-refractivity contribution in [1.82, 2.24) is 15.2 Å². The quantitative estimate of drug-likeness (QED) is 0.627. The summed E-state index contributed by atoms with van der Waals surface area (Å²) in [4.78, 5) is 17.3. The molecule has 1 amide bonds. The Morgan fingerprint density at radius 2 is 1.93 bits per heavy atom. The summed E-state index contributed by atoms with van der Waals surface area (Å²) in [6.45, 7) is 1.71. The van der Waals surface area contributed by atoms with E-state index < -0.39 is 5.54 Å². The number of aromatic nitrogens is 3. The van der Waals surface area contributed by atoms with Gasteiger partial charge in [0.1, 0.15) is 11.4 Å². The van der Waals surface area contributed by atoms with Gasteiger partial charge < -0.3 is 11.1 Å². The van der Waals surface area contributed by atoms with Crippen LogP contribution in [0.5, 0.6) is 0 Å². The highest BCUT2D eigenvalue weighted by atomic mass is 35.5. The zero-order valence-corrected chi connectivity index (χ0v) is 15.8. The SMILES string of the molecule is CC(N)(C(=O)Nc1cccc(-c2n[nH]c(C3CC3)n2)c1)c1ccccc1.Cl. The van der Waals surface area contributed by atoms with Crippen LogP contribution in [0.2, 0.25) is 0 Å². The van der Waals surface area contributed by atoms with Crippen LogP contribution in [0, 0.1) is 0 Å². The molecule has 140 valence electrons. The fourth-order valence-corrected chi connectivity index (χ4v) is 2.86. The second-order valence-corrected chi connectivity index (χ2v) is 6.92. The smallest absolute Gasteiger partial charge is 0.248 e. The van der Waals surface area contributed by atoms with E-state index in [2.05, 4.69) is 20.5 Å². The van der Waals surface area contributed by atoms with Gasteiger partial charge in [-0.1, -0.05) is 42.5 Å².